The molecule has 2 aromatic heterocycles. The van der Waals surface area contributed by atoms with Crippen molar-refractivity contribution in [3.63, 3.8) is 0 Å². The number of carbonyl (C=O) groups excluding carboxylic acids is 1. The Kier molecular flexibility index (Phi) is 4.90. The largest absolute Gasteiger partial charge is 0.322 e. The van der Waals surface area contributed by atoms with Crippen molar-refractivity contribution in [1.29, 1.82) is 0 Å². The number of pyridine rings is 1. The van der Waals surface area contributed by atoms with Crippen LogP contribution in [0.25, 0.3) is 21.8 Å². The van der Waals surface area contributed by atoms with E-state index < -0.39 is 17.5 Å². The molecule has 0 bridgehead atoms. The summed E-state index contributed by atoms with van der Waals surface area (Å²) in [4.78, 5) is 20.9. The molecule has 2 aromatic carbocycles. The highest BCUT2D eigenvalue weighted by molar-refractivity contribution is 7.13. The molecule has 0 aliphatic carbocycles. The molecular formula is C21H13F2N3OS. The lowest BCUT2D eigenvalue weighted by molar-refractivity contribution is 0.102. The number of halogens is 2. The number of aromatic nitrogens is 2. The minimum atomic E-state index is -0.907. The number of nitrogens with zero attached hydrogens (tertiary/aromatic N) is 2. The third-order valence-corrected chi connectivity index (χ3v) is 4.91. The minimum absolute atomic E-state index is 0.222. The fourth-order valence-electron chi connectivity index (χ4n) is 2.66. The Morgan fingerprint density at radius 2 is 1.79 bits per heavy atom. The first-order valence-electron chi connectivity index (χ1n) is 8.33. The molecule has 0 fully saturated rings. The van der Waals surface area contributed by atoms with Crippen LogP contribution < -0.4 is 5.32 Å². The van der Waals surface area contributed by atoms with E-state index in [1.165, 1.54) is 11.3 Å². The molecule has 4 nitrogen and oxygen atoms in total. The van der Waals surface area contributed by atoms with E-state index in [0.29, 0.717) is 11.8 Å². The van der Waals surface area contributed by atoms with Gasteiger partial charge in [-0.1, -0.05) is 12.1 Å². The van der Waals surface area contributed by atoms with Gasteiger partial charge in [0.2, 0.25) is 0 Å². The Morgan fingerprint density at radius 1 is 0.964 bits per heavy atom. The van der Waals surface area contributed by atoms with Crippen LogP contribution in [0.2, 0.25) is 0 Å². The van der Waals surface area contributed by atoms with Crippen LogP contribution in [0.1, 0.15) is 10.4 Å². The van der Waals surface area contributed by atoms with Crippen LogP contribution in [0.4, 0.5) is 14.5 Å². The van der Waals surface area contributed by atoms with Gasteiger partial charge in [-0.2, -0.15) is 0 Å². The molecule has 1 N–H and O–H groups in total. The van der Waals surface area contributed by atoms with Gasteiger partial charge in [-0.3, -0.25) is 9.78 Å². The van der Waals surface area contributed by atoms with Gasteiger partial charge in [-0.05, 0) is 36.4 Å². The molecule has 0 saturated heterocycles. The van der Waals surface area contributed by atoms with Crippen molar-refractivity contribution in [3.05, 3.63) is 89.6 Å². The van der Waals surface area contributed by atoms with Gasteiger partial charge in [0.05, 0.1) is 11.3 Å². The summed E-state index contributed by atoms with van der Waals surface area (Å²) in [5.41, 5.74) is 2.82. The van der Waals surface area contributed by atoms with Crippen molar-refractivity contribution in [3.8, 4) is 21.8 Å². The number of carbonyl (C=O) groups is 1. The zero-order valence-electron chi connectivity index (χ0n) is 14.4. The Hall–Kier alpha value is -3.45. The van der Waals surface area contributed by atoms with Gasteiger partial charge >= 0.3 is 0 Å². The average molecular weight is 393 g/mol. The summed E-state index contributed by atoms with van der Waals surface area (Å²) in [6.45, 7) is 0. The topological polar surface area (TPSA) is 54.9 Å². The van der Waals surface area contributed by atoms with Gasteiger partial charge in [0.1, 0.15) is 16.6 Å². The fourth-order valence-corrected chi connectivity index (χ4v) is 3.50. The summed E-state index contributed by atoms with van der Waals surface area (Å²) in [7, 11) is 0. The van der Waals surface area contributed by atoms with E-state index in [1.54, 1.807) is 30.6 Å². The second-order valence-electron chi connectivity index (χ2n) is 5.93. The first-order chi connectivity index (χ1) is 13.6. The highest BCUT2D eigenvalue weighted by atomic mass is 32.1. The standard InChI is InChI=1S/C21H13F2N3OS/c22-15-4-5-17(18(23)11-15)20(27)25-16-3-1-2-14(10-16)19-12-28-21(26-19)13-6-8-24-9-7-13/h1-12H,(H,25,27). The summed E-state index contributed by atoms with van der Waals surface area (Å²) < 4.78 is 26.8. The van der Waals surface area contributed by atoms with Gasteiger partial charge in [0.25, 0.3) is 5.91 Å². The number of thiazole rings is 1. The van der Waals surface area contributed by atoms with Crippen LogP contribution in [0, 0.1) is 11.6 Å². The van der Waals surface area contributed by atoms with Crippen LogP contribution in [0.5, 0.6) is 0 Å². The van der Waals surface area contributed by atoms with Crippen LogP contribution >= 0.6 is 11.3 Å². The van der Waals surface area contributed by atoms with Crippen molar-refractivity contribution in [1.82, 2.24) is 9.97 Å². The third-order valence-electron chi connectivity index (χ3n) is 4.02. The lowest BCUT2D eigenvalue weighted by Gasteiger charge is -2.07. The van der Waals surface area contributed by atoms with E-state index in [4.69, 9.17) is 0 Å². The van der Waals surface area contributed by atoms with E-state index in [0.717, 1.165) is 34.0 Å². The van der Waals surface area contributed by atoms with Gasteiger partial charge in [-0.25, -0.2) is 13.8 Å². The Bertz CT molecular complexity index is 1150. The summed E-state index contributed by atoms with van der Waals surface area (Å²) in [5, 5.41) is 5.42. The summed E-state index contributed by atoms with van der Waals surface area (Å²) in [6.07, 6.45) is 3.42. The molecule has 0 aliphatic heterocycles. The molecule has 0 unspecified atom stereocenters. The molecule has 138 valence electrons. The maximum Gasteiger partial charge on any atom is 0.258 e. The summed E-state index contributed by atoms with van der Waals surface area (Å²) in [5.74, 6) is -2.29. The zero-order valence-corrected chi connectivity index (χ0v) is 15.2. The Balaban J connectivity index is 1.57. The molecule has 0 saturated carbocycles. The third kappa shape index (κ3) is 3.79. The van der Waals surface area contributed by atoms with Gasteiger partial charge in [-0.15, -0.1) is 11.3 Å². The molecule has 4 rings (SSSR count). The Labute approximate surface area is 163 Å². The number of hydrogen-bond donors (Lipinski definition) is 1. The fraction of sp³-hybridized carbons (Fsp3) is 0. The monoisotopic (exact) mass is 393 g/mol. The van der Waals surface area contributed by atoms with E-state index >= 15 is 0 Å². The predicted octanol–water partition coefficient (Wildman–Crippen LogP) is 5.40. The highest BCUT2D eigenvalue weighted by Gasteiger charge is 2.13. The number of nitrogens with one attached hydrogen (secondary N) is 1. The molecule has 7 heteroatoms. The van der Waals surface area contributed by atoms with Gasteiger partial charge in [0, 0.05) is 40.7 Å². The summed E-state index contributed by atoms with van der Waals surface area (Å²) in [6, 6.07) is 13.7. The minimum Gasteiger partial charge on any atom is -0.322 e. The normalized spacial score (nSPS) is 10.6. The van der Waals surface area contributed by atoms with E-state index in [2.05, 4.69) is 15.3 Å². The number of amides is 1. The number of benzene rings is 2. The molecule has 4 aromatic rings. The van der Waals surface area contributed by atoms with E-state index in [1.807, 2.05) is 23.6 Å². The zero-order chi connectivity index (χ0) is 19.5. The highest BCUT2D eigenvalue weighted by Crippen LogP contribution is 2.29. The lowest BCUT2D eigenvalue weighted by atomic mass is 10.1. The number of anilines is 1. The second-order valence-corrected chi connectivity index (χ2v) is 6.79. The van der Waals surface area contributed by atoms with Crippen LogP contribution in [-0.2, 0) is 0 Å². The lowest BCUT2D eigenvalue weighted by Crippen LogP contribution is -2.13. The van der Waals surface area contributed by atoms with Crippen LogP contribution in [0.3, 0.4) is 0 Å². The first kappa shape index (κ1) is 17.9. The second kappa shape index (κ2) is 7.66. The number of hydrogen-bond acceptors (Lipinski definition) is 4. The molecule has 0 spiro atoms. The molecule has 2 heterocycles. The van der Waals surface area contributed by atoms with E-state index in [-0.39, 0.29) is 5.56 Å². The number of rotatable bonds is 4. The van der Waals surface area contributed by atoms with Crippen molar-refractivity contribution >= 4 is 22.9 Å². The molecule has 0 atom stereocenters. The predicted molar refractivity (Wildman–Crippen MR) is 105 cm³/mol. The van der Waals surface area contributed by atoms with Crippen molar-refractivity contribution in [2.45, 2.75) is 0 Å². The molecule has 0 aliphatic rings. The molecule has 28 heavy (non-hydrogen) atoms. The van der Waals surface area contributed by atoms with Crippen molar-refractivity contribution in [2.24, 2.45) is 0 Å². The maximum absolute atomic E-state index is 13.8. The van der Waals surface area contributed by atoms with Gasteiger partial charge < -0.3 is 5.32 Å². The SMILES string of the molecule is O=C(Nc1cccc(-c2csc(-c3ccncc3)n2)c1)c1ccc(F)cc1F. The van der Waals surface area contributed by atoms with Crippen molar-refractivity contribution < 1.29 is 13.6 Å². The van der Waals surface area contributed by atoms with Crippen LogP contribution in [0.15, 0.2) is 72.4 Å². The smallest absolute Gasteiger partial charge is 0.258 e. The molecule has 0 radical (unpaired) electrons. The van der Waals surface area contributed by atoms with Crippen LogP contribution in [-0.4, -0.2) is 15.9 Å². The van der Waals surface area contributed by atoms with Gasteiger partial charge in [0.15, 0.2) is 0 Å². The average Bonchev–Trinajstić information content (AvgIpc) is 3.19. The summed E-state index contributed by atoms with van der Waals surface area (Å²) >= 11 is 1.51. The van der Waals surface area contributed by atoms with Crippen molar-refractivity contribution in [2.75, 3.05) is 5.32 Å². The quantitative estimate of drug-likeness (QED) is 0.505. The first-order valence-corrected chi connectivity index (χ1v) is 9.21. The Morgan fingerprint density at radius 3 is 2.57 bits per heavy atom. The molecular weight excluding hydrogens is 380 g/mol. The van der Waals surface area contributed by atoms with E-state index in [9.17, 15) is 13.6 Å². The maximum atomic E-state index is 13.8. The molecule has 1 amide bonds.